The highest BCUT2D eigenvalue weighted by Gasteiger charge is 2.34. The summed E-state index contributed by atoms with van der Waals surface area (Å²) in [5.41, 5.74) is 4.28. The summed E-state index contributed by atoms with van der Waals surface area (Å²) >= 11 is 0. The Morgan fingerprint density at radius 1 is 0.788 bits per heavy atom. The number of hydrogen-bond donors (Lipinski definition) is 2. The summed E-state index contributed by atoms with van der Waals surface area (Å²) in [7, 11) is 1.26. The van der Waals surface area contributed by atoms with Crippen LogP contribution in [0.25, 0.3) is 11.1 Å². The molecule has 0 aliphatic carbocycles. The molecule has 0 atom stereocenters. The standard InChI is InChI=1S/C41H37F3N2O6/c1-26-4-8-29(9-5-26)30-10-12-31(13-11-30)40(50)52-34-16-6-28(7-17-34)25-46(20-21-47)39(49)36-19-15-33(22-27(36)2)45-38(48)23-32-14-18-35(51-3)24-37(32)41(42,43)44/h4-19,22,24,47H,20-21,23,25H2,1-3H3,(H,45,48). The average molecular weight is 711 g/mol. The van der Waals surface area contributed by atoms with Crippen LogP contribution in [0.5, 0.6) is 11.5 Å². The monoisotopic (exact) mass is 710 g/mol. The van der Waals surface area contributed by atoms with Gasteiger partial charge < -0.3 is 24.8 Å². The van der Waals surface area contributed by atoms with Crippen LogP contribution in [-0.4, -0.2) is 48.1 Å². The largest absolute Gasteiger partial charge is 0.497 e. The summed E-state index contributed by atoms with van der Waals surface area (Å²) in [5, 5.41) is 12.3. The van der Waals surface area contributed by atoms with Crippen LogP contribution in [-0.2, 0) is 23.9 Å². The number of ether oxygens (including phenoxy) is 2. The van der Waals surface area contributed by atoms with Gasteiger partial charge in [0.05, 0.1) is 31.3 Å². The molecule has 52 heavy (non-hydrogen) atoms. The first-order valence-electron chi connectivity index (χ1n) is 16.4. The van der Waals surface area contributed by atoms with E-state index >= 15 is 0 Å². The molecule has 0 radical (unpaired) electrons. The molecule has 268 valence electrons. The lowest BCUT2D eigenvalue weighted by Gasteiger charge is -2.23. The lowest BCUT2D eigenvalue weighted by Crippen LogP contribution is -2.33. The van der Waals surface area contributed by atoms with Crippen LogP contribution in [0.1, 0.15) is 48.5 Å². The van der Waals surface area contributed by atoms with E-state index in [9.17, 15) is 32.7 Å². The van der Waals surface area contributed by atoms with Crippen molar-refractivity contribution in [1.29, 1.82) is 0 Å². The number of alkyl halides is 3. The first-order chi connectivity index (χ1) is 24.8. The van der Waals surface area contributed by atoms with E-state index in [2.05, 4.69) is 5.32 Å². The number of hydrogen-bond acceptors (Lipinski definition) is 6. The number of nitrogens with zero attached hydrogens (tertiary/aromatic N) is 1. The highest BCUT2D eigenvalue weighted by atomic mass is 19.4. The number of carbonyl (C=O) groups is 3. The van der Waals surface area contributed by atoms with Crippen molar-refractivity contribution in [2.45, 2.75) is 33.0 Å². The molecule has 0 aliphatic rings. The molecule has 5 aromatic rings. The SMILES string of the molecule is COc1ccc(CC(=O)Nc2ccc(C(=O)N(CCO)Cc3ccc(OC(=O)c4ccc(-c5ccc(C)cc5)cc4)cc3)c(C)c2)c(C(F)(F)F)c1. The fraction of sp³-hybridized carbons (Fsp3) is 0.195. The number of aryl methyl sites for hydroxylation is 2. The van der Waals surface area contributed by atoms with Crippen molar-refractivity contribution in [2.24, 2.45) is 0 Å². The van der Waals surface area contributed by atoms with E-state index in [0.29, 0.717) is 28.1 Å². The second kappa shape index (κ2) is 16.4. The van der Waals surface area contributed by atoms with Gasteiger partial charge in [-0.15, -0.1) is 0 Å². The lowest BCUT2D eigenvalue weighted by molar-refractivity contribution is -0.138. The molecule has 0 saturated carbocycles. The van der Waals surface area contributed by atoms with E-state index in [1.54, 1.807) is 49.4 Å². The van der Waals surface area contributed by atoms with Crippen molar-refractivity contribution in [3.63, 3.8) is 0 Å². The highest BCUT2D eigenvalue weighted by Crippen LogP contribution is 2.35. The molecule has 2 amide bonds. The smallest absolute Gasteiger partial charge is 0.416 e. The maximum Gasteiger partial charge on any atom is 0.416 e. The van der Waals surface area contributed by atoms with Crippen molar-refractivity contribution in [3.05, 3.63) is 148 Å². The third-order valence-corrected chi connectivity index (χ3v) is 8.38. The fourth-order valence-electron chi connectivity index (χ4n) is 5.60. The second-order valence-corrected chi connectivity index (χ2v) is 12.2. The minimum atomic E-state index is -4.67. The molecule has 0 fully saturated rings. The van der Waals surface area contributed by atoms with Crippen LogP contribution in [0.4, 0.5) is 18.9 Å². The number of aliphatic hydroxyl groups excluding tert-OH is 1. The summed E-state index contributed by atoms with van der Waals surface area (Å²) in [5.74, 6) is -1.20. The number of rotatable bonds is 12. The zero-order valence-corrected chi connectivity index (χ0v) is 28.8. The number of benzene rings is 5. The van der Waals surface area contributed by atoms with Crippen LogP contribution in [0.2, 0.25) is 0 Å². The van der Waals surface area contributed by atoms with Gasteiger partial charge in [0, 0.05) is 24.3 Å². The van der Waals surface area contributed by atoms with Crippen LogP contribution >= 0.6 is 0 Å². The van der Waals surface area contributed by atoms with Crippen LogP contribution in [0.15, 0.2) is 109 Å². The Balaban J connectivity index is 1.20. The molecule has 0 bridgehead atoms. The summed E-state index contributed by atoms with van der Waals surface area (Å²) in [6.07, 6.45) is -5.20. The van der Waals surface area contributed by atoms with E-state index in [1.807, 2.05) is 43.3 Å². The third-order valence-electron chi connectivity index (χ3n) is 8.38. The van der Waals surface area contributed by atoms with Crippen LogP contribution in [0, 0.1) is 13.8 Å². The predicted octanol–water partition coefficient (Wildman–Crippen LogP) is 8.03. The van der Waals surface area contributed by atoms with Crippen molar-refractivity contribution < 1.29 is 42.1 Å². The number of esters is 1. The van der Waals surface area contributed by atoms with E-state index in [1.165, 1.54) is 36.3 Å². The normalized spacial score (nSPS) is 11.1. The summed E-state index contributed by atoms with van der Waals surface area (Å²) in [6.45, 7) is 3.59. The summed E-state index contributed by atoms with van der Waals surface area (Å²) < 4.78 is 51.3. The van der Waals surface area contributed by atoms with E-state index in [0.717, 1.165) is 28.3 Å². The molecule has 0 saturated heterocycles. The topological polar surface area (TPSA) is 105 Å². The highest BCUT2D eigenvalue weighted by molar-refractivity contribution is 5.97. The van der Waals surface area contributed by atoms with E-state index in [4.69, 9.17) is 9.47 Å². The quantitative estimate of drug-likeness (QED) is 0.100. The Morgan fingerprint density at radius 3 is 2.02 bits per heavy atom. The van der Waals surface area contributed by atoms with Crippen molar-refractivity contribution >= 4 is 23.5 Å². The van der Waals surface area contributed by atoms with Gasteiger partial charge in [-0.1, -0.05) is 60.2 Å². The number of nitrogens with one attached hydrogen (secondary N) is 1. The Hall–Kier alpha value is -5.94. The Bertz CT molecular complexity index is 2040. The number of anilines is 1. The second-order valence-electron chi connectivity index (χ2n) is 12.2. The number of aliphatic hydroxyl groups is 1. The van der Waals surface area contributed by atoms with Gasteiger partial charge in [-0.25, -0.2) is 4.79 Å². The van der Waals surface area contributed by atoms with Crippen LogP contribution in [0.3, 0.4) is 0 Å². The zero-order valence-electron chi connectivity index (χ0n) is 28.8. The van der Waals surface area contributed by atoms with Gasteiger partial charge in [0.1, 0.15) is 11.5 Å². The predicted molar refractivity (Wildman–Crippen MR) is 191 cm³/mol. The average Bonchev–Trinajstić information content (AvgIpc) is 3.12. The fourth-order valence-corrected chi connectivity index (χ4v) is 5.60. The molecule has 2 N–H and O–H groups in total. The number of amides is 2. The molecule has 8 nitrogen and oxygen atoms in total. The van der Waals surface area contributed by atoms with Gasteiger partial charge in [-0.2, -0.15) is 13.2 Å². The first kappa shape index (κ1) is 37.3. The maximum atomic E-state index is 13.6. The van der Waals surface area contributed by atoms with E-state index < -0.39 is 30.0 Å². The van der Waals surface area contributed by atoms with Gasteiger partial charge in [-0.3, -0.25) is 9.59 Å². The third kappa shape index (κ3) is 9.43. The molecule has 0 aromatic heterocycles. The number of carbonyl (C=O) groups excluding carboxylic acids is 3. The minimum absolute atomic E-state index is 0.0251. The Kier molecular flexibility index (Phi) is 11.8. The van der Waals surface area contributed by atoms with Gasteiger partial charge in [0.25, 0.3) is 5.91 Å². The van der Waals surface area contributed by atoms with Gasteiger partial charge >= 0.3 is 12.1 Å². The molecular formula is C41H37F3N2O6. The van der Waals surface area contributed by atoms with Gasteiger partial charge in [-0.05, 0) is 96.3 Å². The summed E-state index contributed by atoms with van der Waals surface area (Å²) in [6, 6.07) is 29.9. The molecule has 5 rings (SSSR count). The maximum absolute atomic E-state index is 13.6. The lowest BCUT2D eigenvalue weighted by atomic mass is 10.0. The number of methoxy groups -OCH3 is 1. The van der Waals surface area contributed by atoms with Crippen LogP contribution < -0.4 is 14.8 Å². The zero-order chi connectivity index (χ0) is 37.4. The summed E-state index contributed by atoms with van der Waals surface area (Å²) in [4.78, 5) is 40.5. The van der Waals surface area contributed by atoms with Gasteiger partial charge in [0.15, 0.2) is 0 Å². The molecular weight excluding hydrogens is 673 g/mol. The minimum Gasteiger partial charge on any atom is -0.497 e. The number of halogens is 3. The van der Waals surface area contributed by atoms with Crippen molar-refractivity contribution in [3.8, 4) is 22.6 Å². The van der Waals surface area contributed by atoms with E-state index in [-0.39, 0.29) is 36.9 Å². The van der Waals surface area contributed by atoms with Gasteiger partial charge in [0.2, 0.25) is 5.91 Å². The molecule has 0 spiro atoms. The molecule has 11 heteroatoms. The molecule has 0 heterocycles. The van der Waals surface area contributed by atoms with Crippen molar-refractivity contribution in [1.82, 2.24) is 4.90 Å². The van der Waals surface area contributed by atoms with Crippen molar-refractivity contribution in [2.75, 3.05) is 25.6 Å². The Labute approximate surface area is 299 Å². The molecule has 0 aliphatic heterocycles. The molecule has 0 unspecified atom stereocenters. The Morgan fingerprint density at radius 2 is 1.42 bits per heavy atom. The molecule has 5 aromatic carbocycles. The first-order valence-corrected chi connectivity index (χ1v) is 16.4.